The molecule has 0 spiro atoms. The predicted octanol–water partition coefficient (Wildman–Crippen LogP) is 3.03. The van der Waals surface area contributed by atoms with Crippen LogP contribution >= 0.6 is 11.8 Å². The Balaban J connectivity index is 1.52. The highest BCUT2D eigenvalue weighted by atomic mass is 32.2. The Morgan fingerprint density at radius 1 is 1.14 bits per heavy atom. The number of sulfonamides is 1. The molecule has 0 bridgehead atoms. The van der Waals surface area contributed by atoms with Crippen LogP contribution < -0.4 is 5.32 Å². The summed E-state index contributed by atoms with van der Waals surface area (Å²) in [6.07, 6.45) is 1.12. The Kier molecular flexibility index (Phi) is 7.09. The zero-order valence-electron chi connectivity index (χ0n) is 15.4. The minimum absolute atomic E-state index is 0.00650. The van der Waals surface area contributed by atoms with Crippen molar-refractivity contribution >= 4 is 27.7 Å². The summed E-state index contributed by atoms with van der Waals surface area (Å²) in [6, 6.07) is 14.1. The number of halogens is 1. The molecule has 3 rings (SSSR count). The highest BCUT2D eigenvalue weighted by Crippen LogP contribution is 2.26. The lowest BCUT2D eigenvalue weighted by Gasteiger charge is -2.23. The number of nitrogens with one attached hydrogen (secondary N) is 1. The van der Waals surface area contributed by atoms with Crippen molar-refractivity contribution in [2.45, 2.75) is 29.5 Å². The van der Waals surface area contributed by atoms with E-state index in [1.807, 2.05) is 18.2 Å². The molecule has 0 aromatic heterocycles. The molecule has 1 aliphatic rings. The van der Waals surface area contributed by atoms with Gasteiger partial charge in [-0.1, -0.05) is 30.3 Å². The van der Waals surface area contributed by atoms with Crippen LogP contribution in [0.15, 0.2) is 59.5 Å². The molecule has 1 fully saturated rings. The monoisotopic (exact) mass is 422 g/mol. The second kappa shape index (κ2) is 9.54. The Hall–Kier alpha value is -1.90. The molecule has 1 unspecified atom stereocenters. The lowest BCUT2D eigenvalue weighted by molar-refractivity contribution is -0.124. The third-order valence-corrected chi connectivity index (χ3v) is 7.54. The fraction of sp³-hybridized carbons (Fsp3) is 0.350. The number of thioether (sulfide) groups is 1. The molecule has 0 radical (unpaired) electrons. The van der Waals surface area contributed by atoms with Gasteiger partial charge in [0.15, 0.2) is 0 Å². The number of rotatable bonds is 8. The van der Waals surface area contributed by atoms with Crippen LogP contribution in [0.5, 0.6) is 0 Å². The molecule has 1 saturated heterocycles. The molecule has 1 heterocycles. The van der Waals surface area contributed by atoms with Crippen LogP contribution in [-0.2, 0) is 20.6 Å². The predicted molar refractivity (Wildman–Crippen MR) is 109 cm³/mol. The summed E-state index contributed by atoms with van der Waals surface area (Å²) < 4.78 is 39.9. The molecular weight excluding hydrogens is 399 g/mol. The van der Waals surface area contributed by atoms with E-state index in [0.717, 1.165) is 23.6 Å². The van der Waals surface area contributed by atoms with Gasteiger partial charge >= 0.3 is 0 Å². The lowest BCUT2D eigenvalue weighted by atomic mass is 10.2. The number of amides is 1. The number of benzene rings is 2. The van der Waals surface area contributed by atoms with Crippen LogP contribution in [0.4, 0.5) is 4.39 Å². The van der Waals surface area contributed by atoms with E-state index < -0.39 is 21.9 Å². The summed E-state index contributed by atoms with van der Waals surface area (Å²) in [5, 5.41) is 2.85. The molecule has 150 valence electrons. The fourth-order valence-corrected chi connectivity index (χ4v) is 5.64. The number of nitrogens with zero attached hydrogens (tertiary/aromatic N) is 1. The zero-order valence-corrected chi connectivity index (χ0v) is 17.0. The second-order valence-electron chi connectivity index (χ2n) is 6.56. The molecule has 1 N–H and O–H groups in total. The first-order chi connectivity index (χ1) is 13.5. The minimum atomic E-state index is -3.82. The van der Waals surface area contributed by atoms with E-state index >= 15 is 0 Å². The fourth-order valence-electron chi connectivity index (χ4n) is 3.16. The first kappa shape index (κ1) is 20.8. The molecule has 0 saturated carbocycles. The van der Waals surface area contributed by atoms with Gasteiger partial charge in [-0.3, -0.25) is 4.79 Å². The van der Waals surface area contributed by atoms with E-state index in [0.29, 0.717) is 25.9 Å². The number of hydrogen-bond donors (Lipinski definition) is 1. The van der Waals surface area contributed by atoms with Gasteiger partial charge in [-0.05, 0) is 42.7 Å². The summed E-state index contributed by atoms with van der Waals surface area (Å²) in [7, 11) is -3.82. The SMILES string of the molecule is O=C(NCCSCc1ccccc1)C1CCCN1S(=O)(=O)c1ccc(F)cc1. The van der Waals surface area contributed by atoms with Gasteiger partial charge in [0.2, 0.25) is 15.9 Å². The van der Waals surface area contributed by atoms with Gasteiger partial charge in [0, 0.05) is 24.6 Å². The summed E-state index contributed by atoms with van der Waals surface area (Å²) in [5.74, 6) is 0.842. The molecule has 0 aliphatic carbocycles. The molecule has 8 heteroatoms. The van der Waals surface area contributed by atoms with Crippen molar-refractivity contribution in [1.82, 2.24) is 9.62 Å². The Morgan fingerprint density at radius 2 is 1.86 bits per heavy atom. The van der Waals surface area contributed by atoms with Crippen LogP contribution in [0, 0.1) is 5.82 Å². The highest BCUT2D eigenvalue weighted by molar-refractivity contribution is 7.98. The molecule has 1 atom stereocenters. The van der Waals surface area contributed by atoms with E-state index in [1.54, 1.807) is 11.8 Å². The van der Waals surface area contributed by atoms with Gasteiger partial charge in [-0.25, -0.2) is 12.8 Å². The van der Waals surface area contributed by atoms with E-state index in [1.165, 1.54) is 22.0 Å². The summed E-state index contributed by atoms with van der Waals surface area (Å²) in [4.78, 5) is 12.5. The summed E-state index contributed by atoms with van der Waals surface area (Å²) >= 11 is 1.71. The van der Waals surface area contributed by atoms with Crippen LogP contribution in [0.1, 0.15) is 18.4 Å². The standard InChI is InChI=1S/C20H23FN2O3S2/c21-17-8-10-18(11-9-17)28(25,26)23-13-4-7-19(23)20(24)22-12-14-27-15-16-5-2-1-3-6-16/h1-3,5-6,8-11,19H,4,7,12-15H2,(H,22,24). The van der Waals surface area contributed by atoms with Crippen LogP contribution in [0.3, 0.4) is 0 Å². The van der Waals surface area contributed by atoms with Crippen molar-refractivity contribution in [2.24, 2.45) is 0 Å². The van der Waals surface area contributed by atoms with Crippen molar-refractivity contribution in [3.8, 4) is 0 Å². The molecule has 2 aromatic carbocycles. The van der Waals surface area contributed by atoms with Crippen LogP contribution in [0.2, 0.25) is 0 Å². The lowest BCUT2D eigenvalue weighted by Crippen LogP contribution is -2.46. The highest BCUT2D eigenvalue weighted by Gasteiger charge is 2.39. The first-order valence-electron chi connectivity index (χ1n) is 9.15. The van der Waals surface area contributed by atoms with E-state index in [2.05, 4.69) is 17.4 Å². The molecule has 5 nitrogen and oxygen atoms in total. The minimum Gasteiger partial charge on any atom is -0.354 e. The molecule has 2 aromatic rings. The second-order valence-corrected chi connectivity index (χ2v) is 9.55. The Bertz CT molecular complexity index is 889. The van der Waals surface area contributed by atoms with Crippen LogP contribution in [-0.4, -0.2) is 43.5 Å². The van der Waals surface area contributed by atoms with Crippen molar-refractivity contribution in [3.63, 3.8) is 0 Å². The van der Waals surface area contributed by atoms with E-state index in [-0.39, 0.29) is 10.8 Å². The van der Waals surface area contributed by atoms with Gasteiger partial charge in [0.25, 0.3) is 0 Å². The van der Waals surface area contributed by atoms with Crippen molar-refractivity contribution < 1.29 is 17.6 Å². The maximum Gasteiger partial charge on any atom is 0.243 e. The van der Waals surface area contributed by atoms with Gasteiger partial charge in [-0.2, -0.15) is 16.1 Å². The Labute approximate surface area is 169 Å². The maximum atomic E-state index is 13.1. The summed E-state index contributed by atoms with van der Waals surface area (Å²) in [5.41, 5.74) is 1.23. The van der Waals surface area contributed by atoms with E-state index in [4.69, 9.17) is 0 Å². The molecule has 1 amide bonds. The summed E-state index contributed by atoms with van der Waals surface area (Å²) in [6.45, 7) is 0.776. The third kappa shape index (κ3) is 5.12. The number of hydrogen-bond acceptors (Lipinski definition) is 4. The largest absolute Gasteiger partial charge is 0.354 e. The van der Waals surface area contributed by atoms with Gasteiger partial charge in [-0.15, -0.1) is 0 Å². The molecular formula is C20H23FN2O3S2. The quantitative estimate of drug-likeness (QED) is 0.664. The van der Waals surface area contributed by atoms with Crippen LogP contribution in [0.25, 0.3) is 0 Å². The van der Waals surface area contributed by atoms with Crippen molar-refractivity contribution in [3.05, 3.63) is 66.0 Å². The molecule has 28 heavy (non-hydrogen) atoms. The van der Waals surface area contributed by atoms with Gasteiger partial charge < -0.3 is 5.32 Å². The van der Waals surface area contributed by atoms with Gasteiger partial charge in [0.1, 0.15) is 11.9 Å². The van der Waals surface area contributed by atoms with Gasteiger partial charge in [0.05, 0.1) is 4.90 Å². The van der Waals surface area contributed by atoms with Crippen molar-refractivity contribution in [1.29, 1.82) is 0 Å². The number of carbonyl (C=O) groups is 1. The third-order valence-electron chi connectivity index (χ3n) is 4.58. The normalized spacial score (nSPS) is 17.5. The average molecular weight is 423 g/mol. The molecule has 1 aliphatic heterocycles. The maximum absolute atomic E-state index is 13.1. The Morgan fingerprint density at radius 3 is 2.57 bits per heavy atom. The topological polar surface area (TPSA) is 66.5 Å². The zero-order chi connectivity index (χ0) is 20.0. The average Bonchev–Trinajstić information content (AvgIpc) is 3.20. The first-order valence-corrected chi connectivity index (χ1v) is 11.7. The van der Waals surface area contributed by atoms with E-state index in [9.17, 15) is 17.6 Å². The van der Waals surface area contributed by atoms with Crippen molar-refractivity contribution in [2.75, 3.05) is 18.8 Å². The smallest absolute Gasteiger partial charge is 0.243 e. The number of carbonyl (C=O) groups excluding carboxylic acids is 1.